The molecule has 31 heavy (non-hydrogen) atoms. The van der Waals surface area contributed by atoms with Gasteiger partial charge in [0.25, 0.3) is 0 Å². The van der Waals surface area contributed by atoms with E-state index in [-0.39, 0.29) is 17.7 Å². The Labute approximate surface area is 185 Å². The molecule has 2 fully saturated rings. The Hall–Kier alpha value is -1.95. The van der Waals surface area contributed by atoms with Gasteiger partial charge >= 0.3 is 0 Å². The molecular formula is C26H37NO4. The summed E-state index contributed by atoms with van der Waals surface area (Å²) >= 11 is 0. The summed E-state index contributed by atoms with van der Waals surface area (Å²) in [5.74, 6) is -0.0707. The predicted octanol–water partition coefficient (Wildman–Crippen LogP) is 3.29. The van der Waals surface area contributed by atoms with Gasteiger partial charge in [-0.2, -0.15) is 0 Å². The maximum Gasteiger partial charge on any atom is 0.220 e. The summed E-state index contributed by atoms with van der Waals surface area (Å²) in [5, 5.41) is 34.0. The zero-order valence-electron chi connectivity index (χ0n) is 18.3. The molecule has 2 aliphatic rings. The summed E-state index contributed by atoms with van der Waals surface area (Å²) in [5.41, 5.74) is 1.19. The molecule has 170 valence electrons. The van der Waals surface area contributed by atoms with Crippen LogP contribution >= 0.6 is 0 Å². The van der Waals surface area contributed by atoms with Crippen molar-refractivity contribution in [3.63, 3.8) is 0 Å². The van der Waals surface area contributed by atoms with Crippen molar-refractivity contribution in [2.45, 2.75) is 82.1 Å². The number of carbonyl (C=O) groups is 1. The fraction of sp³-hybridized carbons (Fsp3) is 0.577. The molecule has 4 N–H and O–H groups in total. The minimum atomic E-state index is -0.586. The third-order valence-electron chi connectivity index (χ3n) is 6.33. The van der Waals surface area contributed by atoms with E-state index in [4.69, 9.17) is 0 Å². The number of carbonyl (C=O) groups excluding carboxylic acids is 1. The summed E-state index contributed by atoms with van der Waals surface area (Å²) in [6, 6.07) is 10.5. The SMILES string of the molecule is O=C(CCCC=CCC1C(O)CC(O)C1C=CC(O)CCc1ccccc1)NC1CC1. The number of aliphatic hydroxyl groups excluding tert-OH is 3. The van der Waals surface area contributed by atoms with Gasteiger partial charge in [-0.05, 0) is 56.4 Å². The monoisotopic (exact) mass is 427 g/mol. The van der Waals surface area contributed by atoms with Crippen molar-refractivity contribution in [2.75, 3.05) is 0 Å². The third-order valence-corrected chi connectivity index (χ3v) is 6.33. The van der Waals surface area contributed by atoms with E-state index < -0.39 is 18.3 Å². The van der Waals surface area contributed by atoms with Crippen LogP contribution in [-0.4, -0.2) is 45.6 Å². The number of unbranched alkanes of at least 4 members (excludes halogenated alkanes) is 1. The lowest BCUT2D eigenvalue weighted by Crippen LogP contribution is -2.24. The normalized spacial score (nSPS) is 27.2. The lowest BCUT2D eigenvalue weighted by atomic mass is 9.89. The van der Waals surface area contributed by atoms with E-state index in [9.17, 15) is 20.1 Å². The quantitative estimate of drug-likeness (QED) is 0.304. The molecule has 0 heterocycles. The van der Waals surface area contributed by atoms with E-state index >= 15 is 0 Å². The number of amides is 1. The Balaban J connectivity index is 1.39. The van der Waals surface area contributed by atoms with Crippen LogP contribution in [0, 0.1) is 11.8 Å². The van der Waals surface area contributed by atoms with Crippen molar-refractivity contribution in [1.29, 1.82) is 0 Å². The molecular weight excluding hydrogens is 390 g/mol. The van der Waals surface area contributed by atoms with Crippen molar-refractivity contribution in [2.24, 2.45) is 11.8 Å². The van der Waals surface area contributed by atoms with Gasteiger partial charge in [0, 0.05) is 24.8 Å². The number of nitrogens with one attached hydrogen (secondary N) is 1. The number of benzene rings is 1. The molecule has 2 aliphatic carbocycles. The topological polar surface area (TPSA) is 89.8 Å². The maximum atomic E-state index is 11.7. The van der Waals surface area contributed by atoms with E-state index in [1.54, 1.807) is 6.08 Å². The van der Waals surface area contributed by atoms with Crippen LogP contribution in [0.2, 0.25) is 0 Å². The fourth-order valence-electron chi connectivity index (χ4n) is 4.30. The number of allylic oxidation sites excluding steroid dienone is 2. The second-order valence-electron chi connectivity index (χ2n) is 9.03. The van der Waals surface area contributed by atoms with Gasteiger partial charge in [-0.15, -0.1) is 0 Å². The van der Waals surface area contributed by atoms with Crippen molar-refractivity contribution in [1.82, 2.24) is 5.32 Å². The molecule has 1 aromatic carbocycles. The number of hydrogen-bond acceptors (Lipinski definition) is 4. The molecule has 0 saturated heterocycles. The van der Waals surface area contributed by atoms with Crippen LogP contribution in [0.25, 0.3) is 0 Å². The van der Waals surface area contributed by atoms with Crippen molar-refractivity contribution in [3.8, 4) is 0 Å². The smallest absolute Gasteiger partial charge is 0.220 e. The molecule has 2 saturated carbocycles. The van der Waals surface area contributed by atoms with Crippen LogP contribution in [0.1, 0.15) is 56.9 Å². The minimum absolute atomic E-state index is 0.0537. The Kier molecular flexibility index (Phi) is 9.31. The summed E-state index contributed by atoms with van der Waals surface area (Å²) in [7, 11) is 0. The number of aryl methyl sites for hydroxylation is 1. The lowest BCUT2D eigenvalue weighted by molar-refractivity contribution is -0.121. The number of aliphatic hydroxyl groups is 3. The van der Waals surface area contributed by atoms with E-state index in [1.165, 1.54) is 5.56 Å². The second kappa shape index (κ2) is 12.2. The highest BCUT2D eigenvalue weighted by molar-refractivity contribution is 5.76. The highest BCUT2D eigenvalue weighted by Gasteiger charge is 2.39. The van der Waals surface area contributed by atoms with Crippen LogP contribution in [0.5, 0.6) is 0 Å². The van der Waals surface area contributed by atoms with E-state index in [0.29, 0.717) is 31.7 Å². The first-order valence-electron chi connectivity index (χ1n) is 11.7. The second-order valence-corrected chi connectivity index (χ2v) is 9.03. The first-order chi connectivity index (χ1) is 15.0. The van der Waals surface area contributed by atoms with Crippen LogP contribution in [0.4, 0.5) is 0 Å². The van der Waals surface area contributed by atoms with Crippen molar-refractivity contribution in [3.05, 3.63) is 60.2 Å². The highest BCUT2D eigenvalue weighted by atomic mass is 16.3. The summed E-state index contributed by atoms with van der Waals surface area (Å²) in [6.45, 7) is 0. The number of rotatable bonds is 12. The molecule has 0 aliphatic heterocycles. The Morgan fingerprint density at radius 1 is 1.13 bits per heavy atom. The van der Waals surface area contributed by atoms with Gasteiger partial charge in [0.2, 0.25) is 5.91 Å². The van der Waals surface area contributed by atoms with Crippen molar-refractivity contribution < 1.29 is 20.1 Å². The standard InChI is InChI=1S/C26H37NO4/c28-21(15-12-19-8-4-3-5-9-19)16-17-23-22(24(29)18-25(23)30)10-6-1-2-7-11-26(31)27-20-13-14-20/h1,3-6,8-9,16-17,20-25,28-30H,2,7,10-15,18H2,(H,27,31). The van der Waals surface area contributed by atoms with Gasteiger partial charge < -0.3 is 20.6 Å². The average Bonchev–Trinajstić information content (AvgIpc) is 3.52. The molecule has 5 atom stereocenters. The molecule has 0 radical (unpaired) electrons. The Morgan fingerprint density at radius 2 is 1.90 bits per heavy atom. The minimum Gasteiger partial charge on any atom is -0.393 e. The van der Waals surface area contributed by atoms with Gasteiger partial charge in [-0.25, -0.2) is 0 Å². The zero-order valence-corrected chi connectivity index (χ0v) is 18.3. The largest absolute Gasteiger partial charge is 0.393 e. The third kappa shape index (κ3) is 8.24. The first kappa shape index (κ1) is 23.7. The average molecular weight is 428 g/mol. The predicted molar refractivity (Wildman–Crippen MR) is 122 cm³/mol. The van der Waals surface area contributed by atoms with Gasteiger partial charge in [-0.3, -0.25) is 4.79 Å². The Bertz CT molecular complexity index is 728. The van der Waals surface area contributed by atoms with Crippen LogP contribution in [0.3, 0.4) is 0 Å². The molecule has 5 nitrogen and oxygen atoms in total. The van der Waals surface area contributed by atoms with Crippen LogP contribution < -0.4 is 5.32 Å². The van der Waals surface area contributed by atoms with Crippen LogP contribution in [0.15, 0.2) is 54.6 Å². The lowest BCUT2D eigenvalue weighted by Gasteiger charge is -2.19. The Morgan fingerprint density at radius 3 is 2.65 bits per heavy atom. The van der Waals surface area contributed by atoms with E-state index in [1.807, 2.05) is 24.3 Å². The van der Waals surface area contributed by atoms with Gasteiger partial charge in [-0.1, -0.05) is 54.6 Å². The van der Waals surface area contributed by atoms with E-state index in [0.717, 1.165) is 32.1 Å². The number of hydrogen-bond donors (Lipinski definition) is 4. The van der Waals surface area contributed by atoms with Gasteiger partial charge in [0.05, 0.1) is 18.3 Å². The van der Waals surface area contributed by atoms with Gasteiger partial charge in [0.15, 0.2) is 0 Å². The van der Waals surface area contributed by atoms with Crippen LogP contribution in [-0.2, 0) is 11.2 Å². The van der Waals surface area contributed by atoms with Crippen molar-refractivity contribution >= 4 is 5.91 Å². The summed E-state index contributed by atoms with van der Waals surface area (Å²) in [6.07, 6.45) is 13.0. The molecule has 3 rings (SSSR count). The molecule has 5 heteroatoms. The molecule has 5 unspecified atom stereocenters. The molecule has 0 spiro atoms. The highest BCUT2D eigenvalue weighted by Crippen LogP contribution is 2.36. The summed E-state index contributed by atoms with van der Waals surface area (Å²) in [4.78, 5) is 11.7. The van der Waals surface area contributed by atoms with Gasteiger partial charge in [0.1, 0.15) is 0 Å². The molecule has 0 bridgehead atoms. The molecule has 1 amide bonds. The maximum absolute atomic E-state index is 11.7. The first-order valence-corrected chi connectivity index (χ1v) is 11.7. The molecule has 1 aromatic rings. The fourth-order valence-corrected chi connectivity index (χ4v) is 4.30. The summed E-state index contributed by atoms with van der Waals surface area (Å²) < 4.78 is 0. The van der Waals surface area contributed by atoms with E-state index in [2.05, 4.69) is 29.6 Å². The molecule has 0 aromatic heterocycles. The zero-order chi connectivity index (χ0) is 22.1.